The van der Waals surface area contributed by atoms with Gasteiger partial charge in [-0.3, -0.25) is 9.59 Å². The van der Waals surface area contributed by atoms with Gasteiger partial charge in [0.1, 0.15) is 17.6 Å². The second-order valence-electron chi connectivity index (χ2n) is 8.55. The molecule has 6 rings (SSSR count). The van der Waals surface area contributed by atoms with E-state index in [0.29, 0.717) is 11.4 Å². The van der Waals surface area contributed by atoms with E-state index in [2.05, 4.69) is 33.4 Å². The monoisotopic (exact) mass is 477 g/mol. The van der Waals surface area contributed by atoms with Crippen molar-refractivity contribution in [1.29, 1.82) is 0 Å². The van der Waals surface area contributed by atoms with Crippen LogP contribution >= 0.6 is 15.9 Å². The summed E-state index contributed by atoms with van der Waals surface area (Å²) in [7, 11) is 0. The molecule has 1 heterocycles. The van der Waals surface area contributed by atoms with Gasteiger partial charge in [0, 0.05) is 17.0 Å². The number of anilines is 1. The topological polar surface area (TPSA) is 64.6 Å². The van der Waals surface area contributed by atoms with Crippen LogP contribution < -0.4 is 10.1 Å². The fourth-order valence-corrected chi connectivity index (χ4v) is 6.62. The van der Waals surface area contributed by atoms with Crippen LogP contribution in [-0.4, -0.2) is 22.8 Å². The Morgan fingerprint density at radius 2 is 1.77 bits per heavy atom. The molecule has 2 bridgehead atoms. The summed E-state index contributed by atoms with van der Waals surface area (Å²) in [5, 5.41) is 5.15. The van der Waals surface area contributed by atoms with Crippen LogP contribution in [0.3, 0.4) is 0 Å². The van der Waals surface area contributed by atoms with Crippen LogP contribution in [0.25, 0.3) is 10.8 Å². The summed E-state index contributed by atoms with van der Waals surface area (Å²) in [5.41, 5.74) is 0.687. The highest BCUT2D eigenvalue weighted by Gasteiger charge is 2.67. The molecule has 6 heteroatoms. The lowest BCUT2D eigenvalue weighted by Crippen LogP contribution is -2.40. The molecule has 156 valence electrons. The van der Waals surface area contributed by atoms with E-state index in [-0.39, 0.29) is 46.5 Å². The van der Waals surface area contributed by atoms with Gasteiger partial charge in [-0.25, -0.2) is 0 Å². The molecule has 31 heavy (non-hydrogen) atoms. The molecule has 0 radical (unpaired) electrons. The molecule has 0 spiro atoms. The van der Waals surface area contributed by atoms with Crippen molar-refractivity contribution >= 4 is 44.3 Å². The first kappa shape index (κ1) is 18.9. The Morgan fingerprint density at radius 1 is 1.00 bits per heavy atom. The number of halogens is 1. The van der Waals surface area contributed by atoms with E-state index >= 15 is 0 Å². The maximum Gasteiger partial charge on any atom is 0.310 e. The zero-order chi connectivity index (χ0) is 21.1. The van der Waals surface area contributed by atoms with E-state index in [1.54, 1.807) is 0 Å². The fraction of sp³-hybridized carbons (Fsp3) is 0.280. The third kappa shape index (κ3) is 2.96. The number of rotatable bonds is 4. The van der Waals surface area contributed by atoms with Crippen LogP contribution in [0.1, 0.15) is 6.42 Å². The zero-order valence-corrected chi connectivity index (χ0v) is 18.1. The molecule has 0 unspecified atom stereocenters. The number of alkyl halides is 1. The molecule has 0 aromatic heterocycles. The molecule has 3 aliphatic rings. The molecule has 2 aliphatic carbocycles. The highest BCUT2D eigenvalue weighted by Crippen LogP contribution is 2.60. The predicted molar refractivity (Wildman–Crippen MR) is 120 cm³/mol. The first-order valence-corrected chi connectivity index (χ1v) is 11.4. The Kier molecular flexibility index (Phi) is 4.32. The molecule has 6 atom stereocenters. The molecule has 3 aromatic carbocycles. The SMILES string of the molecule is O=C(Nc1ccc(Oc2cccc3ccccc23)cc1)[C@@H]1[C@H]2C[C@H]3[C@H](OC(=O)[C@@H]31)[C@@H]2Br. The van der Waals surface area contributed by atoms with Gasteiger partial charge in [0.25, 0.3) is 0 Å². The summed E-state index contributed by atoms with van der Waals surface area (Å²) in [4.78, 5) is 25.4. The number of fused-ring (bicyclic) bond motifs is 2. The maximum absolute atomic E-state index is 13.0. The first-order chi connectivity index (χ1) is 15.1. The van der Waals surface area contributed by atoms with Crippen molar-refractivity contribution in [2.75, 3.05) is 5.32 Å². The highest BCUT2D eigenvalue weighted by molar-refractivity contribution is 9.09. The fourth-order valence-electron chi connectivity index (χ4n) is 5.57. The number of esters is 1. The van der Waals surface area contributed by atoms with Crippen molar-refractivity contribution in [3.05, 3.63) is 66.7 Å². The van der Waals surface area contributed by atoms with Gasteiger partial charge in [0.15, 0.2) is 0 Å². The van der Waals surface area contributed by atoms with Gasteiger partial charge in [0.2, 0.25) is 5.91 Å². The highest BCUT2D eigenvalue weighted by atomic mass is 79.9. The third-order valence-electron chi connectivity index (χ3n) is 6.93. The second-order valence-corrected chi connectivity index (χ2v) is 9.61. The Bertz CT molecular complexity index is 1190. The molecule has 3 fully saturated rings. The summed E-state index contributed by atoms with van der Waals surface area (Å²) in [6, 6.07) is 21.4. The van der Waals surface area contributed by atoms with E-state index in [1.807, 2.05) is 54.6 Å². The molecule has 1 saturated heterocycles. The van der Waals surface area contributed by atoms with Crippen molar-refractivity contribution in [2.24, 2.45) is 23.7 Å². The Hall–Kier alpha value is -2.86. The minimum absolute atomic E-state index is 0.0624. The van der Waals surface area contributed by atoms with Crippen LogP contribution in [0.2, 0.25) is 0 Å². The molecule has 5 nitrogen and oxygen atoms in total. The van der Waals surface area contributed by atoms with Gasteiger partial charge < -0.3 is 14.8 Å². The largest absolute Gasteiger partial charge is 0.461 e. The van der Waals surface area contributed by atoms with Gasteiger partial charge >= 0.3 is 5.97 Å². The Labute approximate surface area is 187 Å². The molecule has 1 N–H and O–H groups in total. The summed E-state index contributed by atoms with van der Waals surface area (Å²) >= 11 is 3.65. The van der Waals surface area contributed by atoms with E-state index in [4.69, 9.17) is 9.47 Å². The Morgan fingerprint density at radius 3 is 2.61 bits per heavy atom. The van der Waals surface area contributed by atoms with E-state index in [0.717, 1.165) is 22.9 Å². The van der Waals surface area contributed by atoms with Crippen molar-refractivity contribution in [2.45, 2.75) is 17.4 Å². The van der Waals surface area contributed by atoms with Gasteiger partial charge in [-0.1, -0.05) is 52.3 Å². The molecular formula is C25H20BrNO4. The van der Waals surface area contributed by atoms with Gasteiger partial charge in [-0.05, 0) is 48.1 Å². The number of ether oxygens (including phenoxy) is 2. The van der Waals surface area contributed by atoms with Crippen molar-refractivity contribution in [3.63, 3.8) is 0 Å². The molecule has 1 amide bonds. The van der Waals surface area contributed by atoms with Crippen LogP contribution in [0.15, 0.2) is 66.7 Å². The quantitative estimate of drug-likeness (QED) is 0.417. The Balaban J connectivity index is 1.18. The van der Waals surface area contributed by atoms with Gasteiger partial charge in [-0.2, -0.15) is 0 Å². The van der Waals surface area contributed by atoms with Gasteiger partial charge in [-0.15, -0.1) is 0 Å². The average molecular weight is 478 g/mol. The summed E-state index contributed by atoms with van der Waals surface area (Å²) in [6.45, 7) is 0. The normalized spacial score (nSPS) is 30.4. The van der Waals surface area contributed by atoms with Crippen LogP contribution in [-0.2, 0) is 14.3 Å². The summed E-state index contributed by atoms with van der Waals surface area (Å²) in [6.07, 6.45) is 0.796. The number of carbonyl (C=O) groups excluding carboxylic acids is 2. The first-order valence-electron chi connectivity index (χ1n) is 10.5. The minimum Gasteiger partial charge on any atom is -0.461 e. The lowest BCUT2D eigenvalue weighted by molar-refractivity contribution is -0.145. The molecule has 2 saturated carbocycles. The van der Waals surface area contributed by atoms with Crippen molar-refractivity contribution < 1.29 is 19.1 Å². The lowest BCUT2D eigenvalue weighted by atomic mass is 9.79. The van der Waals surface area contributed by atoms with Crippen LogP contribution in [0, 0.1) is 23.7 Å². The number of nitrogens with one attached hydrogen (secondary N) is 1. The number of benzene rings is 3. The van der Waals surface area contributed by atoms with E-state index < -0.39 is 0 Å². The van der Waals surface area contributed by atoms with E-state index in [9.17, 15) is 9.59 Å². The number of amides is 1. The van der Waals surface area contributed by atoms with Crippen molar-refractivity contribution in [3.8, 4) is 11.5 Å². The second kappa shape index (κ2) is 7.09. The number of carbonyl (C=O) groups is 2. The predicted octanol–water partition coefficient (Wildman–Crippen LogP) is 5.14. The number of hydrogen-bond donors (Lipinski definition) is 1. The smallest absolute Gasteiger partial charge is 0.310 e. The molecule has 3 aromatic rings. The molecule has 1 aliphatic heterocycles. The number of hydrogen-bond acceptors (Lipinski definition) is 4. The zero-order valence-electron chi connectivity index (χ0n) is 16.5. The standard InChI is InChI=1S/C25H20BrNO4/c26-22-17-12-18-21(25(29)31-23(18)22)20(17)24(28)27-14-8-10-15(11-9-14)30-19-7-3-5-13-4-1-2-6-16(13)19/h1-11,17-18,20-23H,12H2,(H,27,28)/t17-,18-,20-,21+,22-,23+/m1/s1. The van der Waals surface area contributed by atoms with Crippen LogP contribution in [0.4, 0.5) is 5.69 Å². The maximum atomic E-state index is 13.0. The average Bonchev–Trinajstić information content (AvgIpc) is 3.40. The van der Waals surface area contributed by atoms with Crippen LogP contribution in [0.5, 0.6) is 11.5 Å². The third-order valence-corrected chi connectivity index (χ3v) is 8.13. The summed E-state index contributed by atoms with van der Waals surface area (Å²) in [5.74, 6) is 0.798. The lowest BCUT2D eigenvalue weighted by Gasteiger charge is -2.27. The molecular weight excluding hydrogens is 458 g/mol. The minimum atomic E-state index is -0.341. The summed E-state index contributed by atoms with van der Waals surface area (Å²) < 4.78 is 11.6. The van der Waals surface area contributed by atoms with E-state index in [1.165, 1.54) is 0 Å². The van der Waals surface area contributed by atoms with Crippen molar-refractivity contribution in [1.82, 2.24) is 0 Å². The van der Waals surface area contributed by atoms with Gasteiger partial charge in [0.05, 0.1) is 16.7 Å².